The molecule has 0 aliphatic carbocycles. The molecule has 0 aliphatic heterocycles. The van der Waals surface area contributed by atoms with Crippen molar-refractivity contribution in [1.82, 2.24) is 5.32 Å². The number of carbonyl (C=O) groups excluding carboxylic acids is 1. The number of para-hydroxylation sites is 1. The number of amides is 1. The van der Waals surface area contributed by atoms with E-state index >= 15 is 0 Å². The average molecular weight is 321 g/mol. The van der Waals surface area contributed by atoms with E-state index in [1.54, 1.807) is 24.3 Å². The van der Waals surface area contributed by atoms with Gasteiger partial charge in [0.2, 0.25) is 5.91 Å². The number of anilines is 1. The highest BCUT2D eigenvalue weighted by Crippen LogP contribution is 2.22. The number of nitriles is 1. The van der Waals surface area contributed by atoms with E-state index in [0.29, 0.717) is 17.2 Å². The Kier molecular flexibility index (Phi) is 6.11. The molecule has 0 saturated carbocycles. The van der Waals surface area contributed by atoms with Gasteiger partial charge in [0.25, 0.3) is 0 Å². The molecule has 2 N–H and O–H groups in total. The number of rotatable bonds is 6. The Labute approximate surface area is 143 Å². The van der Waals surface area contributed by atoms with Crippen LogP contribution >= 0.6 is 0 Å². The van der Waals surface area contributed by atoms with Crippen molar-refractivity contribution in [2.75, 3.05) is 5.32 Å². The Bertz CT molecular complexity index is 719. The van der Waals surface area contributed by atoms with Gasteiger partial charge in [0.05, 0.1) is 17.3 Å². The minimum absolute atomic E-state index is 0.0816. The third-order valence-corrected chi connectivity index (χ3v) is 3.95. The van der Waals surface area contributed by atoms with E-state index in [1.807, 2.05) is 25.1 Å². The third-order valence-electron chi connectivity index (χ3n) is 3.95. The SMILES string of the molecule is CC(C)[C@H](N[C@@H](C)C(=O)Nc1ccccc1C#N)c1ccccc1. The zero-order chi connectivity index (χ0) is 17.5. The molecule has 0 radical (unpaired) electrons. The van der Waals surface area contributed by atoms with Gasteiger partial charge in [0, 0.05) is 6.04 Å². The number of carbonyl (C=O) groups is 1. The summed E-state index contributed by atoms with van der Waals surface area (Å²) in [7, 11) is 0. The average Bonchev–Trinajstić information content (AvgIpc) is 2.60. The standard InChI is InChI=1S/C20H23N3O/c1-14(2)19(16-9-5-4-6-10-16)22-15(3)20(24)23-18-12-8-7-11-17(18)13-21/h4-12,14-15,19,22H,1-3H3,(H,23,24)/t15-,19-/m0/s1. The minimum Gasteiger partial charge on any atom is -0.324 e. The summed E-state index contributed by atoms with van der Waals surface area (Å²) in [6.45, 7) is 6.09. The van der Waals surface area contributed by atoms with Crippen LogP contribution < -0.4 is 10.6 Å². The number of hydrogen-bond acceptors (Lipinski definition) is 3. The van der Waals surface area contributed by atoms with Gasteiger partial charge in [-0.1, -0.05) is 56.3 Å². The van der Waals surface area contributed by atoms with E-state index in [4.69, 9.17) is 5.26 Å². The molecule has 0 spiro atoms. The van der Waals surface area contributed by atoms with E-state index in [0.717, 1.165) is 5.56 Å². The van der Waals surface area contributed by atoms with Gasteiger partial charge in [-0.3, -0.25) is 10.1 Å². The largest absolute Gasteiger partial charge is 0.324 e. The van der Waals surface area contributed by atoms with Gasteiger partial charge >= 0.3 is 0 Å². The van der Waals surface area contributed by atoms with Crippen LogP contribution in [-0.4, -0.2) is 11.9 Å². The minimum atomic E-state index is -0.385. The van der Waals surface area contributed by atoms with Crippen molar-refractivity contribution in [2.45, 2.75) is 32.9 Å². The van der Waals surface area contributed by atoms with Crippen molar-refractivity contribution in [3.63, 3.8) is 0 Å². The fraction of sp³-hybridized carbons (Fsp3) is 0.300. The maximum Gasteiger partial charge on any atom is 0.241 e. The van der Waals surface area contributed by atoms with E-state index in [-0.39, 0.29) is 18.0 Å². The van der Waals surface area contributed by atoms with Crippen LogP contribution in [0.25, 0.3) is 0 Å². The van der Waals surface area contributed by atoms with Gasteiger partial charge in [-0.05, 0) is 30.5 Å². The molecule has 0 aromatic heterocycles. The fourth-order valence-electron chi connectivity index (χ4n) is 2.61. The molecule has 0 fully saturated rings. The first kappa shape index (κ1) is 17.7. The van der Waals surface area contributed by atoms with Crippen LogP contribution in [0.5, 0.6) is 0 Å². The Hall–Kier alpha value is -2.64. The molecule has 2 rings (SSSR count). The molecule has 0 unspecified atom stereocenters. The van der Waals surface area contributed by atoms with Gasteiger partial charge in [0.15, 0.2) is 0 Å². The number of hydrogen-bond donors (Lipinski definition) is 2. The van der Waals surface area contributed by atoms with Gasteiger partial charge in [0.1, 0.15) is 6.07 Å². The lowest BCUT2D eigenvalue weighted by Gasteiger charge is -2.26. The summed E-state index contributed by atoms with van der Waals surface area (Å²) >= 11 is 0. The van der Waals surface area contributed by atoms with E-state index in [9.17, 15) is 4.79 Å². The lowest BCUT2D eigenvalue weighted by molar-refractivity contribution is -0.118. The lowest BCUT2D eigenvalue weighted by Crippen LogP contribution is -2.41. The molecule has 2 atom stereocenters. The summed E-state index contributed by atoms with van der Waals surface area (Å²) < 4.78 is 0. The highest BCUT2D eigenvalue weighted by molar-refractivity contribution is 5.95. The predicted molar refractivity (Wildman–Crippen MR) is 96.4 cm³/mol. The molecular weight excluding hydrogens is 298 g/mol. The van der Waals surface area contributed by atoms with Crippen LogP contribution in [0, 0.1) is 17.2 Å². The topological polar surface area (TPSA) is 64.9 Å². The maximum absolute atomic E-state index is 12.5. The van der Waals surface area contributed by atoms with E-state index in [1.165, 1.54) is 0 Å². The second-order valence-corrected chi connectivity index (χ2v) is 6.17. The van der Waals surface area contributed by atoms with Crippen molar-refractivity contribution in [3.05, 3.63) is 65.7 Å². The first-order chi connectivity index (χ1) is 11.5. The summed E-state index contributed by atoms with van der Waals surface area (Å²) in [6, 6.07) is 18.9. The molecule has 4 nitrogen and oxygen atoms in total. The van der Waals surface area contributed by atoms with Crippen molar-refractivity contribution in [3.8, 4) is 6.07 Å². The van der Waals surface area contributed by atoms with Crippen LogP contribution in [0.2, 0.25) is 0 Å². The normalized spacial score (nSPS) is 13.1. The highest BCUT2D eigenvalue weighted by atomic mass is 16.2. The Morgan fingerprint density at radius 3 is 2.25 bits per heavy atom. The van der Waals surface area contributed by atoms with Crippen molar-refractivity contribution >= 4 is 11.6 Å². The Balaban J connectivity index is 2.08. The van der Waals surface area contributed by atoms with Gasteiger partial charge in [-0.25, -0.2) is 0 Å². The smallest absolute Gasteiger partial charge is 0.241 e. The second-order valence-electron chi connectivity index (χ2n) is 6.17. The Morgan fingerprint density at radius 2 is 1.62 bits per heavy atom. The number of nitrogens with zero attached hydrogens (tertiary/aromatic N) is 1. The molecule has 24 heavy (non-hydrogen) atoms. The lowest BCUT2D eigenvalue weighted by atomic mass is 9.95. The second kappa shape index (κ2) is 8.28. The quantitative estimate of drug-likeness (QED) is 0.849. The van der Waals surface area contributed by atoms with Crippen LogP contribution in [0.15, 0.2) is 54.6 Å². The van der Waals surface area contributed by atoms with Crippen molar-refractivity contribution in [2.24, 2.45) is 5.92 Å². The van der Waals surface area contributed by atoms with Crippen molar-refractivity contribution < 1.29 is 4.79 Å². The summed E-state index contributed by atoms with van der Waals surface area (Å²) in [5.41, 5.74) is 2.16. The van der Waals surface area contributed by atoms with E-state index < -0.39 is 0 Å². The zero-order valence-electron chi connectivity index (χ0n) is 14.3. The first-order valence-electron chi connectivity index (χ1n) is 8.14. The van der Waals surface area contributed by atoms with E-state index in [2.05, 4.69) is 42.7 Å². The zero-order valence-corrected chi connectivity index (χ0v) is 14.3. The molecule has 2 aromatic carbocycles. The van der Waals surface area contributed by atoms with Gasteiger partial charge in [-0.15, -0.1) is 0 Å². The molecular formula is C20H23N3O. The summed E-state index contributed by atoms with van der Waals surface area (Å²) in [6.07, 6.45) is 0. The predicted octanol–water partition coefficient (Wildman–Crippen LogP) is 3.87. The third kappa shape index (κ3) is 4.43. The number of nitrogens with one attached hydrogen (secondary N) is 2. The molecule has 124 valence electrons. The summed E-state index contributed by atoms with van der Waals surface area (Å²) in [5.74, 6) is 0.188. The van der Waals surface area contributed by atoms with Crippen LogP contribution in [0.1, 0.15) is 37.9 Å². The van der Waals surface area contributed by atoms with Gasteiger partial charge < -0.3 is 5.32 Å². The highest BCUT2D eigenvalue weighted by Gasteiger charge is 2.22. The summed E-state index contributed by atoms with van der Waals surface area (Å²) in [5, 5.41) is 15.3. The van der Waals surface area contributed by atoms with Gasteiger partial charge in [-0.2, -0.15) is 5.26 Å². The van der Waals surface area contributed by atoms with Crippen LogP contribution in [0.4, 0.5) is 5.69 Å². The monoisotopic (exact) mass is 321 g/mol. The molecule has 0 saturated heterocycles. The first-order valence-corrected chi connectivity index (χ1v) is 8.14. The molecule has 1 amide bonds. The molecule has 2 aromatic rings. The molecule has 0 bridgehead atoms. The summed E-state index contributed by atoms with van der Waals surface area (Å²) in [4.78, 5) is 12.5. The molecule has 0 aliphatic rings. The maximum atomic E-state index is 12.5. The van der Waals surface area contributed by atoms with Crippen molar-refractivity contribution in [1.29, 1.82) is 5.26 Å². The molecule has 4 heteroatoms. The number of benzene rings is 2. The fourth-order valence-corrected chi connectivity index (χ4v) is 2.61. The van der Waals surface area contributed by atoms with Crippen LogP contribution in [-0.2, 0) is 4.79 Å². The molecule has 0 heterocycles. The van der Waals surface area contributed by atoms with Crippen LogP contribution in [0.3, 0.4) is 0 Å². The Morgan fingerprint density at radius 1 is 1.00 bits per heavy atom.